The lowest BCUT2D eigenvalue weighted by Crippen LogP contribution is -2.23. The van der Waals surface area contributed by atoms with Crippen LogP contribution in [0.1, 0.15) is 12.5 Å². The highest BCUT2D eigenvalue weighted by molar-refractivity contribution is 5.84. The monoisotopic (exact) mass is 245 g/mol. The topological polar surface area (TPSA) is 41.5 Å². The smallest absolute Gasteiger partial charge is 0.119 e. The molecule has 0 saturated carbocycles. The van der Waals surface area contributed by atoms with E-state index in [0.29, 0.717) is 6.54 Å². The van der Waals surface area contributed by atoms with E-state index in [4.69, 9.17) is 4.74 Å². The third-order valence-corrected chi connectivity index (χ3v) is 2.88. The predicted octanol–water partition coefficient (Wildman–Crippen LogP) is 2.32. The minimum absolute atomic E-state index is 0.310. The molecule has 1 atom stereocenters. The first kappa shape index (κ1) is 12.9. The van der Waals surface area contributed by atoms with E-state index in [0.717, 1.165) is 12.3 Å². The number of nitrogens with one attached hydrogen (secondary N) is 1. The lowest BCUT2D eigenvalue weighted by molar-refractivity contribution is 0.191. The molecule has 0 fully saturated rings. The summed E-state index contributed by atoms with van der Waals surface area (Å²) in [4.78, 5) is 0. The van der Waals surface area contributed by atoms with E-state index < -0.39 is 0 Å². The van der Waals surface area contributed by atoms with Crippen LogP contribution in [0.3, 0.4) is 0 Å². The lowest BCUT2D eigenvalue weighted by Gasteiger charge is -2.08. The van der Waals surface area contributed by atoms with Gasteiger partial charge in [-0.3, -0.25) is 0 Å². The van der Waals surface area contributed by atoms with Crippen molar-refractivity contribution in [3.8, 4) is 5.75 Å². The van der Waals surface area contributed by atoms with Gasteiger partial charge >= 0.3 is 0 Å². The maximum Gasteiger partial charge on any atom is 0.119 e. The second kappa shape index (κ2) is 5.85. The van der Waals surface area contributed by atoms with E-state index >= 15 is 0 Å². The van der Waals surface area contributed by atoms with E-state index in [1.807, 2.05) is 12.1 Å². The van der Waals surface area contributed by atoms with Crippen molar-refractivity contribution in [3.05, 3.63) is 42.0 Å². The van der Waals surface area contributed by atoms with Crippen LogP contribution in [0.25, 0.3) is 10.8 Å². The second-order valence-corrected chi connectivity index (χ2v) is 4.53. The van der Waals surface area contributed by atoms with Gasteiger partial charge in [-0.1, -0.05) is 18.2 Å². The van der Waals surface area contributed by atoms with Crippen molar-refractivity contribution < 1.29 is 9.84 Å². The molecule has 0 heterocycles. The molecular formula is C15H19NO2. The molecule has 0 radical (unpaired) electrons. The Kier molecular flexibility index (Phi) is 4.18. The van der Waals surface area contributed by atoms with E-state index in [2.05, 4.69) is 29.6 Å². The average Bonchev–Trinajstić information content (AvgIpc) is 2.37. The Hall–Kier alpha value is -1.58. The maximum absolute atomic E-state index is 9.18. The highest BCUT2D eigenvalue weighted by Gasteiger charge is 2.00. The van der Waals surface area contributed by atoms with Crippen LogP contribution >= 0.6 is 0 Å². The number of benzene rings is 2. The van der Waals surface area contributed by atoms with E-state index in [1.165, 1.54) is 16.3 Å². The fourth-order valence-electron chi connectivity index (χ4n) is 1.94. The normalized spacial score (nSPS) is 12.6. The summed E-state index contributed by atoms with van der Waals surface area (Å²) in [5.41, 5.74) is 1.22. The number of methoxy groups -OCH3 is 1. The minimum Gasteiger partial charge on any atom is -0.497 e. The molecule has 0 aromatic heterocycles. The zero-order chi connectivity index (χ0) is 13.0. The molecule has 0 aliphatic rings. The summed E-state index contributed by atoms with van der Waals surface area (Å²) in [5.74, 6) is 0.877. The average molecular weight is 245 g/mol. The third-order valence-electron chi connectivity index (χ3n) is 2.88. The van der Waals surface area contributed by atoms with Crippen LogP contribution in [-0.4, -0.2) is 24.9 Å². The molecule has 3 heteroatoms. The quantitative estimate of drug-likeness (QED) is 0.849. The van der Waals surface area contributed by atoms with Crippen LogP contribution in [-0.2, 0) is 6.54 Å². The van der Waals surface area contributed by atoms with Crippen LogP contribution < -0.4 is 10.1 Å². The molecule has 18 heavy (non-hydrogen) atoms. The molecule has 3 nitrogen and oxygen atoms in total. The Morgan fingerprint density at radius 3 is 2.61 bits per heavy atom. The van der Waals surface area contributed by atoms with Gasteiger partial charge in [0.05, 0.1) is 13.2 Å². The van der Waals surface area contributed by atoms with Gasteiger partial charge in [0, 0.05) is 13.1 Å². The number of aliphatic hydroxyl groups is 1. The molecule has 0 saturated heterocycles. The molecule has 2 aromatic carbocycles. The molecule has 0 aliphatic carbocycles. The van der Waals surface area contributed by atoms with Crippen LogP contribution in [0.4, 0.5) is 0 Å². The Labute approximate surface area is 107 Å². The largest absolute Gasteiger partial charge is 0.497 e. The number of ether oxygens (including phenoxy) is 1. The van der Waals surface area contributed by atoms with Gasteiger partial charge in [-0.2, -0.15) is 0 Å². The van der Waals surface area contributed by atoms with Crippen molar-refractivity contribution in [2.24, 2.45) is 0 Å². The molecule has 0 bridgehead atoms. The molecule has 0 aliphatic heterocycles. The third kappa shape index (κ3) is 3.22. The Morgan fingerprint density at radius 2 is 1.89 bits per heavy atom. The summed E-state index contributed by atoms with van der Waals surface area (Å²) >= 11 is 0. The highest BCUT2D eigenvalue weighted by atomic mass is 16.5. The summed E-state index contributed by atoms with van der Waals surface area (Å²) in [6.45, 7) is 3.16. The Balaban J connectivity index is 2.12. The molecule has 2 N–H and O–H groups in total. The lowest BCUT2D eigenvalue weighted by atomic mass is 10.1. The number of fused-ring (bicyclic) bond motifs is 1. The summed E-state index contributed by atoms with van der Waals surface area (Å²) < 4.78 is 5.20. The van der Waals surface area contributed by atoms with Crippen LogP contribution in [0.5, 0.6) is 5.75 Å². The van der Waals surface area contributed by atoms with Gasteiger partial charge in [-0.25, -0.2) is 0 Å². The molecule has 0 spiro atoms. The van der Waals surface area contributed by atoms with Gasteiger partial charge in [0.15, 0.2) is 0 Å². The molecule has 2 aromatic rings. The predicted molar refractivity (Wildman–Crippen MR) is 73.9 cm³/mol. The molecule has 0 amide bonds. The Morgan fingerprint density at radius 1 is 1.17 bits per heavy atom. The zero-order valence-corrected chi connectivity index (χ0v) is 10.8. The van der Waals surface area contributed by atoms with Gasteiger partial charge in [-0.05, 0) is 41.5 Å². The summed E-state index contributed by atoms with van der Waals surface area (Å²) in [6, 6.07) is 12.4. The zero-order valence-electron chi connectivity index (χ0n) is 10.8. The minimum atomic E-state index is -0.310. The van der Waals surface area contributed by atoms with Crippen molar-refractivity contribution >= 4 is 10.8 Å². The van der Waals surface area contributed by atoms with Crippen LogP contribution in [0, 0.1) is 0 Å². The van der Waals surface area contributed by atoms with Crippen molar-refractivity contribution in [1.29, 1.82) is 0 Å². The van der Waals surface area contributed by atoms with Crippen molar-refractivity contribution in [2.75, 3.05) is 13.7 Å². The molecule has 1 unspecified atom stereocenters. The van der Waals surface area contributed by atoms with E-state index in [1.54, 1.807) is 14.0 Å². The van der Waals surface area contributed by atoms with Gasteiger partial charge in [0.2, 0.25) is 0 Å². The van der Waals surface area contributed by atoms with Gasteiger partial charge < -0.3 is 15.2 Å². The number of rotatable bonds is 5. The SMILES string of the molecule is COc1ccc2cc(CNCC(C)O)ccc2c1. The first-order valence-electron chi connectivity index (χ1n) is 6.14. The highest BCUT2D eigenvalue weighted by Crippen LogP contribution is 2.21. The van der Waals surface area contributed by atoms with Crippen LogP contribution in [0.2, 0.25) is 0 Å². The molecule has 2 rings (SSSR count). The van der Waals surface area contributed by atoms with E-state index in [-0.39, 0.29) is 6.10 Å². The Bertz CT molecular complexity index is 523. The summed E-state index contributed by atoms with van der Waals surface area (Å²) in [5, 5.41) is 14.8. The van der Waals surface area contributed by atoms with E-state index in [9.17, 15) is 5.11 Å². The molecule has 96 valence electrons. The van der Waals surface area contributed by atoms with Crippen molar-refractivity contribution in [2.45, 2.75) is 19.6 Å². The summed E-state index contributed by atoms with van der Waals surface area (Å²) in [6.07, 6.45) is -0.310. The molecular weight excluding hydrogens is 226 g/mol. The van der Waals surface area contributed by atoms with Crippen molar-refractivity contribution in [1.82, 2.24) is 5.32 Å². The fraction of sp³-hybridized carbons (Fsp3) is 0.333. The van der Waals surface area contributed by atoms with Gasteiger partial charge in [-0.15, -0.1) is 0 Å². The first-order valence-corrected chi connectivity index (χ1v) is 6.14. The number of aliphatic hydroxyl groups excluding tert-OH is 1. The van der Waals surface area contributed by atoms with Gasteiger partial charge in [0.1, 0.15) is 5.75 Å². The number of hydrogen-bond donors (Lipinski definition) is 2. The summed E-state index contributed by atoms with van der Waals surface area (Å²) in [7, 11) is 1.68. The standard InChI is InChI=1S/C15H19NO2/c1-11(17)9-16-10-12-3-4-14-8-15(18-2)6-5-13(14)7-12/h3-8,11,16-17H,9-10H2,1-2H3. The number of hydrogen-bond acceptors (Lipinski definition) is 3. The maximum atomic E-state index is 9.18. The second-order valence-electron chi connectivity index (χ2n) is 4.53. The first-order chi connectivity index (χ1) is 8.69. The van der Waals surface area contributed by atoms with Crippen LogP contribution in [0.15, 0.2) is 36.4 Å². The fourth-order valence-corrected chi connectivity index (χ4v) is 1.94. The van der Waals surface area contributed by atoms with Crippen molar-refractivity contribution in [3.63, 3.8) is 0 Å². The van der Waals surface area contributed by atoms with Gasteiger partial charge in [0.25, 0.3) is 0 Å².